The molecule has 18 heavy (non-hydrogen) atoms. The van der Waals surface area contributed by atoms with Crippen molar-refractivity contribution in [2.45, 2.75) is 26.2 Å². The SMILES string of the molecule is CCc1ccc(CCc2nc(C(=O)O)cs2)cc1. The van der Waals surface area contributed by atoms with Gasteiger partial charge in [0.25, 0.3) is 0 Å². The highest BCUT2D eigenvalue weighted by Crippen LogP contribution is 2.14. The fourth-order valence-electron chi connectivity index (χ4n) is 1.72. The van der Waals surface area contributed by atoms with E-state index in [1.807, 2.05) is 0 Å². The van der Waals surface area contributed by atoms with Gasteiger partial charge < -0.3 is 5.11 Å². The standard InChI is InChI=1S/C14H15NO2S/c1-2-10-3-5-11(6-4-10)7-8-13-15-12(9-18-13)14(16)17/h3-6,9H,2,7-8H2,1H3,(H,16,17). The molecule has 0 saturated carbocycles. The Morgan fingerprint density at radius 1 is 1.22 bits per heavy atom. The molecule has 4 heteroatoms. The summed E-state index contributed by atoms with van der Waals surface area (Å²) in [5.74, 6) is -0.954. The zero-order chi connectivity index (χ0) is 13.0. The number of aryl methyl sites for hydroxylation is 3. The van der Waals surface area contributed by atoms with Crippen LogP contribution in [0, 0.1) is 0 Å². The molecule has 1 heterocycles. The van der Waals surface area contributed by atoms with E-state index in [1.54, 1.807) is 5.38 Å². The summed E-state index contributed by atoms with van der Waals surface area (Å²) in [7, 11) is 0. The minimum Gasteiger partial charge on any atom is -0.476 e. The molecule has 0 spiro atoms. The van der Waals surface area contributed by atoms with Gasteiger partial charge in [-0.25, -0.2) is 9.78 Å². The van der Waals surface area contributed by atoms with Gasteiger partial charge in [-0.15, -0.1) is 11.3 Å². The summed E-state index contributed by atoms with van der Waals surface area (Å²) in [4.78, 5) is 14.8. The number of carboxylic acids is 1. The van der Waals surface area contributed by atoms with Crippen LogP contribution in [0.15, 0.2) is 29.6 Å². The van der Waals surface area contributed by atoms with Crippen molar-refractivity contribution in [3.8, 4) is 0 Å². The van der Waals surface area contributed by atoms with Crippen LogP contribution in [0.3, 0.4) is 0 Å². The van der Waals surface area contributed by atoms with Crippen molar-refractivity contribution in [2.75, 3.05) is 0 Å². The first kappa shape index (κ1) is 12.8. The molecular weight excluding hydrogens is 246 g/mol. The van der Waals surface area contributed by atoms with Crippen molar-refractivity contribution in [1.82, 2.24) is 4.98 Å². The molecule has 0 bridgehead atoms. The van der Waals surface area contributed by atoms with Crippen LogP contribution in [0.5, 0.6) is 0 Å². The van der Waals surface area contributed by atoms with Crippen molar-refractivity contribution >= 4 is 17.3 Å². The fourth-order valence-corrected chi connectivity index (χ4v) is 2.49. The van der Waals surface area contributed by atoms with Crippen molar-refractivity contribution in [3.63, 3.8) is 0 Å². The normalized spacial score (nSPS) is 10.5. The highest BCUT2D eigenvalue weighted by Gasteiger charge is 2.08. The van der Waals surface area contributed by atoms with E-state index < -0.39 is 5.97 Å². The lowest BCUT2D eigenvalue weighted by molar-refractivity contribution is 0.0691. The van der Waals surface area contributed by atoms with Crippen LogP contribution in [0.4, 0.5) is 0 Å². The number of carboxylic acid groups (broad SMARTS) is 1. The molecule has 2 rings (SSSR count). The van der Waals surface area contributed by atoms with E-state index in [4.69, 9.17) is 5.11 Å². The van der Waals surface area contributed by atoms with Crippen LogP contribution in [0.1, 0.15) is 33.5 Å². The molecule has 0 aliphatic carbocycles. The first-order chi connectivity index (χ1) is 8.69. The number of carbonyl (C=O) groups is 1. The smallest absolute Gasteiger partial charge is 0.355 e. The second kappa shape index (κ2) is 5.78. The third-order valence-electron chi connectivity index (χ3n) is 2.83. The topological polar surface area (TPSA) is 50.2 Å². The summed E-state index contributed by atoms with van der Waals surface area (Å²) in [5.41, 5.74) is 2.75. The van der Waals surface area contributed by atoms with E-state index in [0.717, 1.165) is 24.3 Å². The van der Waals surface area contributed by atoms with Gasteiger partial charge in [-0.3, -0.25) is 0 Å². The Morgan fingerprint density at radius 2 is 1.89 bits per heavy atom. The molecule has 0 unspecified atom stereocenters. The summed E-state index contributed by atoms with van der Waals surface area (Å²) in [6.07, 6.45) is 2.74. The molecule has 0 radical (unpaired) electrons. The van der Waals surface area contributed by atoms with Gasteiger partial charge in [0.2, 0.25) is 0 Å². The molecule has 0 amide bonds. The minimum atomic E-state index is -0.954. The Labute approximate surface area is 110 Å². The van der Waals surface area contributed by atoms with E-state index in [0.29, 0.717) is 0 Å². The Morgan fingerprint density at radius 3 is 2.44 bits per heavy atom. The summed E-state index contributed by atoms with van der Waals surface area (Å²) in [5, 5.41) is 11.3. The molecule has 0 saturated heterocycles. The summed E-state index contributed by atoms with van der Waals surface area (Å²) >= 11 is 1.41. The van der Waals surface area contributed by atoms with Crippen LogP contribution < -0.4 is 0 Å². The van der Waals surface area contributed by atoms with E-state index in [2.05, 4.69) is 36.2 Å². The van der Waals surface area contributed by atoms with Crippen molar-refractivity contribution in [2.24, 2.45) is 0 Å². The lowest BCUT2D eigenvalue weighted by Gasteiger charge is -2.01. The summed E-state index contributed by atoms with van der Waals surface area (Å²) < 4.78 is 0. The molecule has 0 fully saturated rings. The van der Waals surface area contributed by atoms with Gasteiger partial charge in [-0.2, -0.15) is 0 Å². The summed E-state index contributed by atoms with van der Waals surface area (Å²) in [6, 6.07) is 8.54. The quantitative estimate of drug-likeness (QED) is 0.899. The largest absolute Gasteiger partial charge is 0.476 e. The van der Waals surface area contributed by atoms with Crippen LogP contribution >= 0.6 is 11.3 Å². The molecule has 94 valence electrons. The number of aromatic carboxylic acids is 1. The molecule has 0 atom stereocenters. The van der Waals surface area contributed by atoms with E-state index in [1.165, 1.54) is 22.5 Å². The Kier molecular flexibility index (Phi) is 4.10. The fraction of sp³-hybridized carbons (Fsp3) is 0.286. The van der Waals surface area contributed by atoms with Gasteiger partial charge in [0, 0.05) is 11.8 Å². The maximum absolute atomic E-state index is 10.7. The number of hydrogen-bond acceptors (Lipinski definition) is 3. The average molecular weight is 261 g/mol. The number of aromatic nitrogens is 1. The zero-order valence-corrected chi connectivity index (χ0v) is 11.0. The predicted octanol–water partition coefficient (Wildman–Crippen LogP) is 3.19. The molecule has 1 aromatic heterocycles. The van der Waals surface area contributed by atoms with Crippen LogP contribution in [-0.4, -0.2) is 16.1 Å². The third-order valence-corrected chi connectivity index (χ3v) is 3.74. The van der Waals surface area contributed by atoms with Gasteiger partial charge in [-0.05, 0) is 24.0 Å². The first-order valence-electron chi connectivity index (χ1n) is 5.94. The van der Waals surface area contributed by atoms with Crippen LogP contribution in [0.2, 0.25) is 0 Å². The Bertz CT molecular complexity index is 531. The highest BCUT2D eigenvalue weighted by molar-refractivity contribution is 7.09. The molecule has 0 aliphatic heterocycles. The van der Waals surface area contributed by atoms with Crippen molar-refractivity contribution < 1.29 is 9.90 Å². The Balaban J connectivity index is 1.95. The first-order valence-corrected chi connectivity index (χ1v) is 6.82. The number of hydrogen-bond donors (Lipinski definition) is 1. The van der Waals surface area contributed by atoms with Gasteiger partial charge in [0.05, 0.1) is 5.01 Å². The second-order valence-corrected chi connectivity index (χ2v) is 5.04. The number of rotatable bonds is 5. The maximum Gasteiger partial charge on any atom is 0.355 e. The van der Waals surface area contributed by atoms with E-state index in [9.17, 15) is 4.79 Å². The van der Waals surface area contributed by atoms with Crippen molar-refractivity contribution in [3.05, 3.63) is 51.5 Å². The predicted molar refractivity (Wildman–Crippen MR) is 72.3 cm³/mol. The highest BCUT2D eigenvalue weighted by atomic mass is 32.1. The van der Waals surface area contributed by atoms with E-state index >= 15 is 0 Å². The van der Waals surface area contributed by atoms with Gasteiger partial charge in [0.1, 0.15) is 0 Å². The summed E-state index contributed by atoms with van der Waals surface area (Å²) in [6.45, 7) is 2.14. The average Bonchev–Trinajstić information content (AvgIpc) is 2.86. The van der Waals surface area contributed by atoms with Gasteiger partial charge in [0.15, 0.2) is 5.69 Å². The molecular formula is C14H15NO2S. The minimum absolute atomic E-state index is 0.149. The number of thiazole rings is 1. The Hall–Kier alpha value is -1.68. The van der Waals surface area contributed by atoms with E-state index in [-0.39, 0.29) is 5.69 Å². The zero-order valence-electron chi connectivity index (χ0n) is 10.2. The molecule has 1 aromatic carbocycles. The number of nitrogens with zero attached hydrogens (tertiary/aromatic N) is 1. The third kappa shape index (κ3) is 3.17. The molecule has 2 aromatic rings. The van der Waals surface area contributed by atoms with Crippen molar-refractivity contribution in [1.29, 1.82) is 0 Å². The van der Waals surface area contributed by atoms with Gasteiger partial charge in [-0.1, -0.05) is 31.2 Å². The monoisotopic (exact) mass is 261 g/mol. The number of benzene rings is 1. The van der Waals surface area contributed by atoms with Gasteiger partial charge >= 0.3 is 5.97 Å². The van der Waals surface area contributed by atoms with Crippen LogP contribution in [0.25, 0.3) is 0 Å². The maximum atomic E-state index is 10.7. The molecule has 1 N–H and O–H groups in total. The molecule has 0 aliphatic rings. The molecule has 3 nitrogen and oxygen atoms in total. The second-order valence-electron chi connectivity index (χ2n) is 4.10. The lowest BCUT2D eigenvalue weighted by atomic mass is 10.1. The van der Waals surface area contributed by atoms with Crippen LogP contribution in [-0.2, 0) is 19.3 Å². The lowest BCUT2D eigenvalue weighted by Crippen LogP contribution is -1.97.